The van der Waals surface area contributed by atoms with E-state index in [-0.39, 0.29) is 26.6 Å². The van der Waals surface area contributed by atoms with E-state index >= 15 is 0 Å². The Hall–Kier alpha value is -2.40. The van der Waals surface area contributed by atoms with E-state index in [0.29, 0.717) is 21.4 Å². The number of aromatic nitrogens is 3. The number of β-lactam (4-membered cyclic amide) rings is 1. The van der Waals surface area contributed by atoms with E-state index in [9.17, 15) is 19.5 Å². The number of carboxylic acids is 1. The Labute approximate surface area is 207 Å². The van der Waals surface area contributed by atoms with Crippen LogP contribution < -0.4 is 11.1 Å². The van der Waals surface area contributed by atoms with Crippen LogP contribution in [0.1, 0.15) is 5.69 Å². The minimum Gasteiger partial charge on any atom is -0.477 e. The summed E-state index contributed by atoms with van der Waals surface area (Å²) in [6.07, 6.45) is 0. The molecule has 0 bridgehead atoms. The van der Waals surface area contributed by atoms with E-state index in [4.69, 9.17) is 22.2 Å². The largest absolute Gasteiger partial charge is 0.477 e. The van der Waals surface area contributed by atoms with Gasteiger partial charge in [0.1, 0.15) is 39.8 Å². The number of carbonyl (C=O) groups is 3. The molecule has 2 amide bonds. The molecule has 4 heterocycles. The maximum absolute atomic E-state index is 12.9. The van der Waals surface area contributed by atoms with Crippen LogP contribution in [0.2, 0.25) is 4.34 Å². The van der Waals surface area contributed by atoms with Gasteiger partial charge in [-0.1, -0.05) is 51.2 Å². The Morgan fingerprint density at radius 3 is 2.91 bits per heavy atom. The predicted molar refractivity (Wildman–Crippen MR) is 125 cm³/mol. The number of nitrogens with two attached hydrogens (primary N) is 1. The summed E-state index contributed by atoms with van der Waals surface area (Å²) in [5.74, 6) is -1.77. The lowest BCUT2D eigenvalue weighted by Crippen LogP contribution is -2.71. The number of anilines is 1. The zero-order valence-corrected chi connectivity index (χ0v) is 20.6. The second-order valence-corrected chi connectivity index (χ2v) is 11.2. The number of amides is 2. The van der Waals surface area contributed by atoms with Gasteiger partial charge in [0.15, 0.2) is 15.2 Å². The van der Waals surface area contributed by atoms with Crippen molar-refractivity contribution < 1.29 is 24.3 Å². The number of carbonyl (C=O) groups excluding carboxylic acids is 2. The van der Waals surface area contributed by atoms with Crippen LogP contribution in [0, 0.1) is 0 Å². The van der Waals surface area contributed by atoms with Gasteiger partial charge < -0.3 is 21.0 Å². The molecule has 1 saturated heterocycles. The summed E-state index contributed by atoms with van der Waals surface area (Å²) in [4.78, 5) is 47.6. The first kappa shape index (κ1) is 23.7. The van der Waals surface area contributed by atoms with Crippen molar-refractivity contribution in [2.24, 2.45) is 5.16 Å². The molecule has 0 saturated carbocycles. The summed E-state index contributed by atoms with van der Waals surface area (Å²) < 4.78 is 0.839. The molecule has 0 aromatic carbocycles. The molecular formula is C16H14ClN7O5S4. The highest BCUT2D eigenvalue weighted by atomic mass is 35.5. The molecule has 2 aromatic heterocycles. The van der Waals surface area contributed by atoms with Gasteiger partial charge in [0.25, 0.3) is 11.8 Å². The normalized spacial score (nSPS) is 20.4. The number of fused-ring (bicyclic) bond motifs is 1. The number of carboxylic acid groups (broad SMARTS) is 1. The maximum Gasteiger partial charge on any atom is 0.352 e. The molecule has 1 fully saturated rings. The van der Waals surface area contributed by atoms with Crippen LogP contribution in [0.15, 0.2) is 26.3 Å². The fourth-order valence-corrected chi connectivity index (χ4v) is 7.03. The Morgan fingerprint density at radius 2 is 2.30 bits per heavy atom. The zero-order chi connectivity index (χ0) is 23.7. The van der Waals surface area contributed by atoms with Crippen molar-refractivity contribution in [2.45, 2.75) is 15.8 Å². The highest BCUT2D eigenvalue weighted by molar-refractivity contribution is 8.01. The molecule has 0 aliphatic carbocycles. The molecule has 0 spiro atoms. The van der Waals surface area contributed by atoms with Crippen molar-refractivity contribution in [1.82, 2.24) is 25.4 Å². The maximum atomic E-state index is 12.9. The third-order valence-electron chi connectivity index (χ3n) is 4.47. The van der Waals surface area contributed by atoms with E-state index < -0.39 is 29.2 Å². The van der Waals surface area contributed by atoms with Gasteiger partial charge in [0, 0.05) is 11.5 Å². The van der Waals surface area contributed by atoms with Gasteiger partial charge in [-0.2, -0.15) is 0 Å². The van der Waals surface area contributed by atoms with Gasteiger partial charge in [-0.25, -0.2) is 9.78 Å². The Morgan fingerprint density at radius 1 is 1.52 bits per heavy atom. The molecule has 174 valence electrons. The lowest BCUT2D eigenvalue weighted by molar-refractivity contribution is -0.150. The average molecular weight is 548 g/mol. The van der Waals surface area contributed by atoms with Crippen LogP contribution in [0.5, 0.6) is 0 Å². The molecule has 33 heavy (non-hydrogen) atoms. The Kier molecular flexibility index (Phi) is 7.08. The second-order valence-electron chi connectivity index (χ2n) is 6.41. The summed E-state index contributed by atoms with van der Waals surface area (Å²) in [6.45, 7) is 0. The van der Waals surface area contributed by atoms with Gasteiger partial charge in [0.2, 0.25) is 0 Å². The number of thiazole rings is 1. The van der Waals surface area contributed by atoms with Crippen molar-refractivity contribution >= 4 is 86.4 Å². The summed E-state index contributed by atoms with van der Waals surface area (Å²) in [5, 5.41) is 23.2. The summed E-state index contributed by atoms with van der Waals surface area (Å²) >= 11 is 11.1. The fraction of sp³-hybridized carbons (Fsp3) is 0.312. The van der Waals surface area contributed by atoms with E-state index in [0.717, 1.165) is 11.3 Å². The van der Waals surface area contributed by atoms with Gasteiger partial charge >= 0.3 is 5.97 Å². The van der Waals surface area contributed by atoms with E-state index in [1.807, 2.05) is 0 Å². The summed E-state index contributed by atoms with van der Waals surface area (Å²) in [6, 6.07) is -0.953. The predicted octanol–water partition coefficient (Wildman–Crippen LogP) is 1.11. The number of hydrogen-bond acceptors (Lipinski definition) is 13. The topological polar surface area (TPSA) is 173 Å². The first-order valence-corrected chi connectivity index (χ1v) is 13.1. The third-order valence-corrected chi connectivity index (χ3v) is 8.84. The quantitative estimate of drug-likeness (QED) is 0.187. The highest BCUT2D eigenvalue weighted by Crippen LogP contribution is 2.41. The number of hydrogen-bond donors (Lipinski definition) is 3. The number of halogens is 1. The molecule has 12 nitrogen and oxygen atoms in total. The first-order valence-electron chi connectivity index (χ1n) is 8.95. The van der Waals surface area contributed by atoms with Crippen LogP contribution in [0.4, 0.5) is 5.13 Å². The number of nitrogens with one attached hydrogen (secondary N) is 1. The number of rotatable bonds is 8. The molecule has 2 aliphatic rings. The van der Waals surface area contributed by atoms with Crippen molar-refractivity contribution in [3.8, 4) is 0 Å². The van der Waals surface area contributed by atoms with Gasteiger partial charge in [0.05, 0.1) is 0 Å². The third kappa shape index (κ3) is 4.65. The van der Waals surface area contributed by atoms with Gasteiger partial charge in [-0.15, -0.1) is 22.0 Å². The van der Waals surface area contributed by atoms with E-state index in [1.165, 1.54) is 46.9 Å². The lowest BCUT2D eigenvalue weighted by atomic mass is 10.0. The summed E-state index contributed by atoms with van der Waals surface area (Å²) in [7, 11) is 1.25. The van der Waals surface area contributed by atoms with Crippen LogP contribution in [0.25, 0.3) is 0 Å². The van der Waals surface area contributed by atoms with Crippen LogP contribution in [-0.2, 0) is 19.2 Å². The van der Waals surface area contributed by atoms with Crippen molar-refractivity contribution in [3.05, 3.63) is 26.8 Å². The molecular weight excluding hydrogens is 534 g/mol. The van der Waals surface area contributed by atoms with Crippen LogP contribution in [-0.4, -0.2) is 78.7 Å². The number of thioether (sulfide) groups is 2. The first-order chi connectivity index (χ1) is 15.8. The number of nitrogens with zero attached hydrogens (tertiary/aromatic N) is 5. The Balaban J connectivity index is 1.51. The van der Waals surface area contributed by atoms with Gasteiger partial charge in [-0.3, -0.25) is 14.5 Å². The SMILES string of the molecule is CO/N=C(/C(=O)NC1C(=O)N2C(C(=O)O)=C(CSc3nncs3)CSC12)c1nc(N)sc1Cl. The second kappa shape index (κ2) is 9.84. The lowest BCUT2D eigenvalue weighted by Gasteiger charge is -2.49. The molecule has 2 atom stereocenters. The molecule has 2 aliphatic heterocycles. The van der Waals surface area contributed by atoms with Crippen LogP contribution in [0.3, 0.4) is 0 Å². The standard InChI is InChI=1S/C16H14ClN7O5S4/c1-29-23-7(6-10(17)33-15(18)21-6)11(25)20-8-12(26)24-9(14(27)28)5(2-30-13(8)24)3-31-16-22-19-4-32-16/h4,8,13H,2-3H2,1H3,(H2,18,21)(H,20,25)(H,27,28)/b23-7+. The van der Waals surface area contributed by atoms with Crippen molar-refractivity contribution in [3.63, 3.8) is 0 Å². The molecule has 2 unspecified atom stereocenters. The molecule has 2 aromatic rings. The number of aliphatic carboxylic acids is 1. The van der Waals surface area contributed by atoms with Gasteiger partial charge in [-0.05, 0) is 5.57 Å². The monoisotopic (exact) mass is 547 g/mol. The zero-order valence-electron chi connectivity index (χ0n) is 16.6. The fourth-order valence-electron chi connectivity index (χ4n) is 3.13. The minimum absolute atomic E-state index is 0.0283. The smallest absolute Gasteiger partial charge is 0.352 e. The average Bonchev–Trinajstić information content (AvgIpc) is 3.42. The molecule has 0 radical (unpaired) electrons. The highest BCUT2D eigenvalue weighted by Gasteiger charge is 2.54. The van der Waals surface area contributed by atoms with Crippen LogP contribution >= 0.6 is 57.8 Å². The molecule has 4 rings (SSSR count). The minimum atomic E-state index is -1.21. The van der Waals surface area contributed by atoms with E-state index in [2.05, 4.69) is 25.7 Å². The Bertz CT molecular complexity index is 1170. The van der Waals surface area contributed by atoms with Crippen molar-refractivity contribution in [2.75, 3.05) is 24.3 Å². The number of nitrogen functional groups attached to an aromatic ring is 1. The van der Waals surface area contributed by atoms with Crippen molar-refractivity contribution in [1.29, 1.82) is 0 Å². The van der Waals surface area contributed by atoms with E-state index in [1.54, 1.807) is 5.51 Å². The number of oxime groups is 1. The molecule has 4 N–H and O–H groups in total. The summed E-state index contributed by atoms with van der Waals surface area (Å²) in [5.41, 5.74) is 7.52. The molecule has 17 heteroatoms.